The molecule has 0 aliphatic carbocycles. The van der Waals surface area contributed by atoms with Gasteiger partial charge in [0.25, 0.3) is 0 Å². The summed E-state index contributed by atoms with van der Waals surface area (Å²) in [5.74, 6) is 1.66. The van der Waals surface area contributed by atoms with Crippen LogP contribution < -0.4 is 10.1 Å². The topological polar surface area (TPSA) is 52.2 Å². The van der Waals surface area contributed by atoms with Gasteiger partial charge in [0.05, 0.1) is 19.3 Å². The molecule has 5 nitrogen and oxygen atoms in total. The number of rotatable bonds is 6. The van der Waals surface area contributed by atoms with Gasteiger partial charge in [-0.05, 0) is 39.8 Å². The van der Waals surface area contributed by atoms with Crippen molar-refractivity contribution in [1.82, 2.24) is 15.1 Å². The average molecular weight is 327 g/mol. The smallest absolute Gasteiger partial charge is 0.176 e. The van der Waals surface area contributed by atoms with E-state index in [4.69, 9.17) is 9.15 Å². The molecule has 24 heavy (non-hydrogen) atoms. The van der Waals surface area contributed by atoms with Gasteiger partial charge >= 0.3 is 0 Å². The zero-order valence-corrected chi connectivity index (χ0v) is 14.9. The Kier molecular flexibility index (Phi) is 4.62. The molecule has 3 aromatic rings. The van der Waals surface area contributed by atoms with Crippen molar-refractivity contribution in [2.24, 2.45) is 0 Å². The molecule has 0 aliphatic rings. The summed E-state index contributed by atoms with van der Waals surface area (Å²) in [7, 11) is 1.66. The summed E-state index contributed by atoms with van der Waals surface area (Å²) < 4.78 is 13.4. The average Bonchev–Trinajstić information content (AvgIpc) is 3.21. The van der Waals surface area contributed by atoms with Crippen LogP contribution in [0, 0.1) is 0 Å². The lowest BCUT2D eigenvalue weighted by Gasteiger charge is -2.17. The van der Waals surface area contributed by atoms with Crippen LogP contribution in [0.5, 0.6) is 5.75 Å². The number of nitrogens with zero attached hydrogens (tertiary/aromatic N) is 2. The molecule has 5 heteroatoms. The molecule has 3 rings (SSSR count). The van der Waals surface area contributed by atoms with Gasteiger partial charge < -0.3 is 14.5 Å². The molecule has 0 fully saturated rings. The Morgan fingerprint density at radius 1 is 1.17 bits per heavy atom. The van der Waals surface area contributed by atoms with Crippen LogP contribution in [0.4, 0.5) is 0 Å². The number of para-hydroxylation sites is 1. The lowest BCUT2D eigenvalue weighted by molar-refractivity contribution is 0.391. The lowest BCUT2D eigenvalue weighted by Crippen LogP contribution is -2.21. The Morgan fingerprint density at radius 3 is 2.62 bits per heavy atom. The predicted molar refractivity (Wildman–Crippen MR) is 95.3 cm³/mol. The van der Waals surface area contributed by atoms with E-state index >= 15 is 0 Å². The summed E-state index contributed by atoms with van der Waals surface area (Å²) in [6.07, 6.45) is 4.02. The van der Waals surface area contributed by atoms with Gasteiger partial charge in [0.15, 0.2) is 11.3 Å². The molecular formula is C19H25N3O2. The molecule has 0 bridgehead atoms. The maximum atomic E-state index is 6.02. The molecule has 0 spiro atoms. The summed E-state index contributed by atoms with van der Waals surface area (Å²) >= 11 is 0. The molecular weight excluding hydrogens is 302 g/mol. The molecule has 128 valence electrons. The van der Waals surface area contributed by atoms with E-state index in [0.717, 1.165) is 22.5 Å². The van der Waals surface area contributed by atoms with Crippen molar-refractivity contribution in [3.63, 3.8) is 0 Å². The molecule has 0 aliphatic heterocycles. The first-order chi connectivity index (χ1) is 11.5. The standard InChI is InChI=1S/C19H25N3O2/c1-12(2)22-11-16(10-20-22)13(3)21-14(4)18-9-15-7-6-8-17(23-5)19(15)24-18/h6-14,21H,1-5H3/t13-,14-/m1/s1. The van der Waals surface area contributed by atoms with Gasteiger partial charge in [-0.25, -0.2) is 0 Å². The molecule has 0 saturated carbocycles. The Balaban J connectivity index is 1.77. The number of methoxy groups -OCH3 is 1. The van der Waals surface area contributed by atoms with Crippen LogP contribution in [0.15, 0.2) is 41.1 Å². The molecule has 2 heterocycles. The second-order valence-corrected chi connectivity index (χ2v) is 6.48. The maximum absolute atomic E-state index is 6.02. The number of benzene rings is 1. The second-order valence-electron chi connectivity index (χ2n) is 6.48. The molecule has 0 radical (unpaired) electrons. The third-order valence-electron chi connectivity index (χ3n) is 4.32. The Bertz CT molecular complexity index is 819. The van der Waals surface area contributed by atoms with Crippen molar-refractivity contribution in [2.45, 2.75) is 45.8 Å². The van der Waals surface area contributed by atoms with Crippen molar-refractivity contribution in [2.75, 3.05) is 7.11 Å². The number of ether oxygens (including phenoxy) is 1. The minimum Gasteiger partial charge on any atom is -0.493 e. The first kappa shape index (κ1) is 16.6. The highest BCUT2D eigenvalue weighted by atomic mass is 16.5. The lowest BCUT2D eigenvalue weighted by atomic mass is 10.1. The van der Waals surface area contributed by atoms with Crippen molar-refractivity contribution in [3.05, 3.63) is 48.0 Å². The molecule has 1 N–H and O–H groups in total. The van der Waals surface area contributed by atoms with Gasteiger partial charge in [0.2, 0.25) is 0 Å². The van der Waals surface area contributed by atoms with Crippen LogP contribution in [-0.4, -0.2) is 16.9 Å². The second kappa shape index (κ2) is 6.69. The number of hydrogen-bond acceptors (Lipinski definition) is 4. The highest BCUT2D eigenvalue weighted by molar-refractivity contribution is 5.83. The molecule has 0 amide bonds. The molecule has 1 aromatic carbocycles. The van der Waals surface area contributed by atoms with Crippen LogP contribution in [0.2, 0.25) is 0 Å². The molecule has 0 unspecified atom stereocenters. The fraction of sp³-hybridized carbons (Fsp3) is 0.421. The van der Waals surface area contributed by atoms with E-state index in [1.165, 1.54) is 5.56 Å². The van der Waals surface area contributed by atoms with Crippen molar-refractivity contribution in [3.8, 4) is 5.75 Å². The van der Waals surface area contributed by atoms with Gasteiger partial charge in [-0.2, -0.15) is 5.10 Å². The van der Waals surface area contributed by atoms with Crippen LogP contribution in [0.25, 0.3) is 11.0 Å². The van der Waals surface area contributed by atoms with E-state index in [1.807, 2.05) is 29.1 Å². The van der Waals surface area contributed by atoms with Crippen LogP contribution >= 0.6 is 0 Å². The van der Waals surface area contributed by atoms with Crippen LogP contribution in [0.1, 0.15) is 57.1 Å². The predicted octanol–water partition coefficient (Wildman–Crippen LogP) is 4.63. The molecule has 2 aromatic heterocycles. The van der Waals surface area contributed by atoms with Crippen molar-refractivity contribution >= 4 is 11.0 Å². The van der Waals surface area contributed by atoms with E-state index < -0.39 is 0 Å². The number of hydrogen-bond donors (Lipinski definition) is 1. The minimum absolute atomic E-state index is 0.0829. The van der Waals surface area contributed by atoms with Gasteiger partial charge in [0.1, 0.15) is 5.76 Å². The summed E-state index contributed by atoms with van der Waals surface area (Å²) in [4.78, 5) is 0. The highest BCUT2D eigenvalue weighted by Gasteiger charge is 2.17. The van der Waals surface area contributed by atoms with Crippen molar-refractivity contribution in [1.29, 1.82) is 0 Å². The van der Waals surface area contributed by atoms with Gasteiger partial charge in [0, 0.05) is 29.2 Å². The minimum atomic E-state index is 0.0829. The Hall–Kier alpha value is -2.27. The van der Waals surface area contributed by atoms with E-state index in [2.05, 4.69) is 50.4 Å². The molecule has 2 atom stereocenters. The third kappa shape index (κ3) is 3.17. The van der Waals surface area contributed by atoms with E-state index in [1.54, 1.807) is 7.11 Å². The highest BCUT2D eigenvalue weighted by Crippen LogP contribution is 2.31. The first-order valence-corrected chi connectivity index (χ1v) is 8.36. The number of furan rings is 1. The third-order valence-corrected chi connectivity index (χ3v) is 4.32. The summed E-state index contributed by atoms with van der Waals surface area (Å²) in [6.45, 7) is 8.49. The van der Waals surface area contributed by atoms with E-state index in [-0.39, 0.29) is 12.1 Å². The summed E-state index contributed by atoms with van der Waals surface area (Å²) in [5, 5.41) is 9.04. The van der Waals surface area contributed by atoms with Gasteiger partial charge in [-0.3, -0.25) is 4.68 Å². The van der Waals surface area contributed by atoms with Gasteiger partial charge in [-0.1, -0.05) is 12.1 Å². The Labute approximate surface area is 142 Å². The first-order valence-electron chi connectivity index (χ1n) is 8.36. The largest absolute Gasteiger partial charge is 0.493 e. The van der Waals surface area contributed by atoms with Crippen LogP contribution in [-0.2, 0) is 0 Å². The fourth-order valence-corrected chi connectivity index (χ4v) is 2.84. The SMILES string of the molecule is COc1cccc2cc([C@@H](C)N[C@H](C)c3cnn(C(C)C)c3)oc12. The van der Waals surface area contributed by atoms with Crippen LogP contribution in [0.3, 0.4) is 0 Å². The van der Waals surface area contributed by atoms with Gasteiger partial charge in [-0.15, -0.1) is 0 Å². The van der Waals surface area contributed by atoms with Crippen molar-refractivity contribution < 1.29 is 9.15 Å². The number of aromatic nitrogens is 2. The quantitative estimate of drug-likeness (QED) is 0.717. The normalized spacial score (nSPS) is 14.2. The van der Waals surface area contributed by atoms with E-state index in [9.17, 15) is 0 Å². The maximum Gasteiger partial charge on any atom is 0.176 e. The summed E-state index contributed by atoms with van der Waals surface area (Å²) in [5.41, 5.74) is 1.97. The zero-order valence-electron chi connectivity index (χ0n) is 14.9. The molecule has 0 saturated heterocycles. The monoisotopic (exact) mass is 327 g/mol. The fourth-order valence-electron chi connectivity index (χ4n) is 2.84. The summed E-state index contributed by atoms with van der Waals surface area (Å²) in [6, 6.07) is 8.62. The van der Waals surface area contributed by atoms with E-state index in [0.29, 0.717) is 6.04 Å². The zero-order chi connectivity index (χ0) is 17.3. The number of fused-ring (bicyclic) bond motifs is 1. The number of nitrogens with one attached hydrogen (secondary N) is 1. The Morgan fingerprint density at radius 2 is 1.96 bits per heavy atom.